The highest BCUT2D eigenvalue weighted by Crippen LogP contribution is 2.24. The molecule has 9 heteroatoms. The summed E-state index contributed by atoms with van der Waals surface area (Å²) in [4.78, 5) is 15.3. The first-order valence-corrected chi connectivity index (χ1v) is 6.44. The fourth-order valence-corrected chi connectivity index (χ4v) is 2.03. The maximum atomic E-state index is 11.9. The van der Waals surface area contributed by atoms with Crippen LogP contribution in [0.25, 0.3) is 11.1 Å². The largest absolute Gasteiger partial charge is 0.431 e. The Labute approximate surface area is 115 Å². The summed E-state index contributed by atoms with van der Waals surface area (Å²) in [7, 11) is 0. The van der Waals surface area contributed by atoms with Crippen molar-refractivity contribution in [2.24, 2.45) is 0 Å². The Morgan fingerprint density at radius 1 is 1.45 bits per heavy atom. The number of nitrogen functional groups attached to an aromatic ring is 1. The van der Waals surface area contributed by atoms with Crippen molar-refractivity contribution in [1.29, 1.82) is 0 Å². The van der Waals surface area contributed by atoms with Crippen molar-refractivity contribution in [2.45, 2.75) is 11.4 Å². The molecule has 0 bridgehead atoms. The van der Waals surface area contributed by atoms with E-state index in [0.717, 1.165) is 11.8 Å². The van der Waals surface area contributed by atoms with Crippen LogP contribution in [-0.2, 0) is 4.79 Å². The van der Waals surface area contributed by atoms with Gasteiger partial charge < -0.3 is 15.5 Å². The Morgan fingerprint density at radius 2 is 2.20 bits per heavy atom. The highest BCUT2D eigenvalue weighted by molar-refractivity contribution is 7.99. The van der Waals surface area contributed by atoms with Gasteiger partial charge in [0.15, 0.2) is 5.58 Å². The number of anilines is 1. The van der Waals surface area contributed by atoms with E-state index in [1.807, 2.05) is 0 Å². The van der Waals surface area contributed by atoms with Crippen LogP contribution in [0.1, 0.15) is 0 Å². The Bertz CT molecular complexity index is 627. The average Bonchev–Trinajstić information content (AvgIpc) is 2.75. The topological polar surface area (TPSA) is 81.1 Å². The molecule has 3 N–H and O–H groups in total. The minimum atomic E-state index is -4.42. The first kappa shape index (κ1) is 14.5. The number of halogens is 3. The molecule has 2 aromatic rings. The molecule has 0 atom stereocenters. The van der Waals surface area contributed by atoms with Crippen molar-refractivity contribution < 1.29 is 22.4 Å². The number of alkyl halides is 3. The predicted octanol–water partition coefficient (Wildman–Crippen LogP) is 2.18. The third kappa shape index (κ3) is 4.05. The second kappa shape index (κ2) is 5.61. The van der Waals surface area contributed by atoms with Gasteiger partial charge in [-0.25, -0.2) is 4.98 Å². The fraction of sp³-hybridized carbons (Fsp3) is 0.273. The highest BCUT2D eigenvalue weighted by Gasteiger charge is 2.27. The van der Waals surface area contributed by atoms with E-state index >= 15 is 0 Å². The quantitative estimate of drug-likeness (QED) is 0.668. The monoisotopic (exact) mass is 305 g/mol. The Balaban J connectivity index is 1.91. The van der Waals surface area contributed by atoms with Gasteiger partial charge in [0.05, 0.1) is 5.75 Å². The van der Waals surface area contributed by atoms with Crippen molar-refractivity contribution in [3.05, 3.63) is 18.2 Å². The second-order valence-electron chi connectivity index (χ2n) is 3.89. The van der Waals surface area contributed by atoms with Gasteiger partial charge in [-0.15, -0.1) is 0 Å². The summed E-state index contributed by atoms with van der Waals surface area (Å²) in [5, 5.41) is 1.96. The van der Waals surface area contributed by atoms with Crippen LogP contribution in [0.4, 0.5) is 18.9 Å². The van der Waals surface area contributed by atoms with Crippen molar-refractivity contribution >= 4 is 34.5 Å². The van der Waals surface area contributed by atoms with E-state index in [-0.39, 0.29) is 11.0 Å². The van der Waals surface area contributed by atoms with E-state index in [1.165, 1.54) is 0 Å². The van der Waals surface area contributed by atoms with E-state index in [9.17, 15) is 18.0 Å². The normalized spacial score (nSPS) is 11.8. The predicted molar refractivity (Wildman–Crippen MR) is 68.2 cm³/mol. The molecule has 1 heterocycles. The lowest BCUT2D eigenvalue weighted by atomic mass is 10.3. The maximum Gasteiger partial charge on any atom is 0.405 e. The van der Waals surface area contributed by atoms with Gasteiger partial charge in [-0.05, 0) is 12.1 Å². The Morgan fingerprint density at radius 3 is 2.90 bits per heavy atom. The molecule has 0 spiro atoms. The minimum absolute atomic E-state index is 0.202. The van der Waals surface area contributed by atoms with Crippen LogP contribution in [0.15, 0.2) is 27.8 Å². The molecule has 1 aromatic heterocycles. The number of nitrogens with zero attached hydrogens (tertiary/aromatic N) is 1. The van der Waals surface area contributed by atoms with E-state index < -0.39 is 18.6 Å². The zero-order chi connectivity index (χ0) is 14.8. The number of amides is 1. The smallest absolute Gasteiger partial charge is 0.405 e. The Hall–Kier alpha value is -1.90. The van der Waals surface area contributed by atoms with Crippen LogP contribution < -0.4 is 11.1 Å². The number of hydrogen-bond donors (Lipinski definition) is 2. The average molecular weight is 305 g/mol. The van der Waals surface area contributed by atoms with Gasteiger partial charge in [-0.1, -0.05) is 11.8 Å². The first-order chi connectivity index (χ1) is 9.33. The number of fused-ring (bicyclic) bond motifs is 1. The number of aromatic nitrogens is 1. The number of oxazole rings is 1. The van der Waals surface area contributed by atoms with Crippen molar-refractivity contribution in [1.82, 2.24) is 10.3 Å². The molecule has 108 valence electrons. The fourth-order valence-electron chi connectivity index (χ4n) is 1.36. The summed E-state index contributed by atoms with van der Waals surface area (Å²) in [5.74, 6) is -0.952. The number of benzene rings is 1. The molecule has 1 aromatic carbocycles. The summed E-state index contributed by atoms with van der Waals surface area (Å²) in [6.07, 6.45) is -4.42. The molecule has 0 unspecified atom stereocenters. The number of nitrogens with one attached hydrogen (secondary N) is 1. The van der Waals surface area contributed by atoms with E-state index in [2.05, 4.69) is 4.98 Å². The summed E-state index contributed by atoms with van der Waals surface area (Å²) < 4.78 is 41.0. The molecule has 2 rings (SSSR count). The van der Waals surface area contributed by atoms with Gasteiger partial charge in [0.2, 0.25) is 5.91 Å². The van der Waals surface area contributed by atoms with E-state index in [0.29, 0.717) is 16.8 Å². The molecule has 0 saturated carbocycles. The van der Waals surface area contributed by atoms with Crippen molar-refractivity contribution in [3.8, 4) is 0 Å². The second-order valence-corrected chi connectivity index (χ2v) is 4.81. The van der Waals surface area contributed by atoms with Gasteiger partial charge in [-0.2, -0.15) is 13.2 Å². The number of nitrogens with two attached hydrogens (primary N) is 1. The van der Waals surface area contributed by atoms with Crippen molar-refractivity contribution in [2.75, 3.05) is 18.0 Å². The van der Waals surface area contributed by atoms with Gasteiger partial charge in [0, 0.05) is 11.8 Å². The summed E-state index contributed by atoms with van der Waals surface area (Å²) in [6.45, 7) is -1.35. The zero-order valence-electron chi connectivity index (χ0n) is 10.0. The zero-order valence-corrected chi connectivity index (χ0v) is 10.8. The Kier molecular flexibility index (Phi) is 4.07. The summed E-state index contributed by atoms with van der Waals surface area (Å²) in [5.41, 5.74) is 7.11. The molecule has 0 saturated heterocycles. The number of rotatable bonds is 4. The summed E-state index contributed by atoms with van der Waals surface area (Å²) >= 11 is 0.913. The molecule has 0 aliphatic carbocycles. The standard InChI is InChI=1S/C11H10F3N3O2S/c12-11(13,14)5-16-9(18)4-20-10-17-7-2-1-6(15)3-8(7)19-10/h1-3H,4-5,15H2,(H,16,18). The van der Waals surface area contributed by atoms with Gasteiger partial charge in [0.25, 0.3) is 5.22 Å². The molecular weight excluding hydrogens is 295 g/mol. The van der Waals surface area contributed by atoms with Gasteiger partial charge in [0.1, 0.15) is 12.1 Å². The van der Waals surface area contributed by atoms with Crippen LogP contribution in [0.5, 0.6) is 0 Å². The number of carbonyl (C=O) groups excluding carboxylic acids is 1. The lowest BCUT2D eigenvalue weighted by molar-refractivity contribution is -0.136. The SMILES string of the molecule is Nc1ccc2nc(SCC(=O)NCC(F)(F)F)oc2c1. The van der Waals surface area contributed by atoms with Crippen LogP contribution in [0.2, 0.25) is 0 Å². The van der Waals surface area contributed by atoms with Crippen LogP contribution in [0.3, 0.4) is 0 Å². The van der Waals surface area contributed by atoms with Crippen LogP contribution >= 0.6 is 11.8 Å². The molecule has 1 amide bonds. The molecular formula is C11H10F3N3O2S. The van der Waals surface area contributed by atoms with Crippen molar-refractivity contribution in [3.63, 3.8) is 0 Å². The first-order valence-electron chi connectivity index (χ1n) is 5.46. The molecule has 0 radical (unpaired) electrons. The lowest BCUT2D eigenvalue weighted by Gasteiger charge is -2.06. The third-order valence-corrected chi connectivity index (χ3v) is 3.03. The highest BCUT2D eigenvalue weighted by atomic mass is 32.2. The lowest BCUT2D eigenvalue weighted by Crippen LogP contribution is -2.34. The van der Waals surface area contributed by atoms with Gasteiger partial charge >= 0.3 is 6.18 Å². The molecule has 20 heavy (non-hydrogen) atoms. The van der Waals surface area contributed by atoms with Crippen LogP contribution in [0, 0.1) is 0 Å². The number of hydrogen-bond acceptors (Lipinski definition) is 5. The van der Waals surface area contributed by atoms with E-state index in [1.54, 1.807) is 23.5 Å². The van der Waals surface area contributed by atoms with Crippen LogP contribution in [-0.4, -0.2) is 29.4 Å². The number of thioether (sulfide) groups is 1. The van der Waals surface area contributed by atoms with E-state index in [4.69, 9.17) is 10.2 Å². The minimum Gasteiger partial charge on any atom is -0.431 e. The molecule has 5 nitrogen and oxygen atoms in total. The summed E-state index contributed by atoms with van der Waals surface area (Å²) in [6, 6.07) is 4.88. The number of carbonyl (C=O) groups is 1. The molecule has 0 aliphatic rings. The maximum absolute atomic E-state index is 11.9. The molecule has 0 aliphatic heterocycles. The third-order valence-electron chi connectivity index (χ3n) is 2.21. The van der Waals surface area contributed by atoms with Gasteiger partial charge in [-0.3, -0.25) is 4.79 Å². The molecule has 0 fully saturated rings.